The van der Waals surface area contributed by atoms with Gasteiger partial charge in [0.1, 0.15) is 13.1 Å². The molecule has 0 atom stereocenters. The summed E-state index contributed by atoms with van der Waals surface area (Å²) in [6.07, 6.45) is -0.441. The van der Waals surface area contributed by atoms with Gasteiger partial charge in [0.25, 0.3) is 0 Å². The molecule has 0 radical (unpaired) electrons. The number of nitrogens with zero attached hydrogens (tertiary/aromatic N) is 6. The number of esters is 1. The van der Waals surface area contributed by atoms with Crippen molar-refractivity contribution >= 4 is 58.4 Å². The van der Waals surface area contributed by atoms with E-state index >= 15 is 0 Å². The van der Waals surface area contributed by atoms with Crippen molar-refractivity contribution < 1.29 is 37.7 Å². The minimum Gasteiger partial charge on any atom is -0.488 e. The molecule has 0 bridgehead atoms. The third kappa shape index (κ3) is 13.3. The lowest BCUT2D eigenvalue weighted by atomic mass is 10.2. The zero-order valence-electron chi connectivity index (χ0n) is 35.4. The van der Waals surface area contributed by atoms with Gasteiger partial charge in [-0.2, -0.15) is 9.97 Å². The monoisotopic (exact) mass is 938 g/mol. The molecule has 0 fully saturated rings. The first-order chi connectivity index (χ1) is 30.8. The number of carbonyl (C=O) groups is 2. The summed E-state index contributed by atoms with van der Waals surface area (Å²) in [5.41, 5.74) is -1.90. The second kappa shape index (κ2) is 21.8. The Labute approximate surface area is 378 Å². The van der Waals surface area contributed by atoms with Crippen LogP contribution in [0.3, 0.4) is 0 Å². The Morgan fingerprint density at radius 3 is 1.35 bits per heavy atom. The molecule has 0 amide bonds. The van der Waals surface area contributed by atoms with Crippen molar-refractivity contribution in [3.8, 4) is 11.5 Å². The molecule has 342 valence electrons. The van der Waals surface area contributed by atoms with Crippen LogP contribution in [-0.4, -0.2) is 64.6 Å². The molecule has 18 nitrogen and oxygen atoms in total. The second-order valence-corrected chi connectivity index (χ2v) is 15.3. The van der Waals surface area contributed by atoms with E-state index in [2.05, 4.69) is 25.3 Å². The lowest BCUT2D eigenvalue weighted by molar-refractivity contribution is -0.141. The fraction of sp³-hybridized carbons (Fsp3) is 0.256. The van der Waals surface area contributed by atoms with Crippen molar-refractivity contribution in [2.75, 3.05) is 17.7 Å². The third-order valence-electron chi connectivity index (χ3n) is 8.72. The van der Waals surface area contributed by atoms with Crippen molar-refractivity contribution in [2.45, 2.75) is 66.1 Å². The fourth-order valence-electron chi connectivity index (χ4n) is 5.79. The largest absolute Gasteiger partial charge is 0.488 e. The van der Waals surface area contributed by atoms with E-state index in [1.54, 1.807) is 76.2 Å². The smallest absolute Gasteiger partial charge is 0.355 e. The summed E-state index contributed by atoms with van der Waals surface area (Å²) in [5.74, 6) is -3.60. The van der Waals surface area contributed by atoms with E-state index < -0.39 is 59.4 Å². The Bertz CT molecular complexity index is 2920. The molecule has 0 aliphatic carbocycles. The maximum Gasteiger partial charge on any atom is 0.355 e. The minimum absolute atomic E-state index is 0.00378. The Hall–Kier alpha value is -7.32. The van der Waals surface area contributed by atoms with Gasteiger partial charge >= 0.3 is 34.7 Å². The lowest BCUT2D eigenvalue weighted by Crippen LogP contribution is -2.44. The molecule has 3 N–H and O–H groups in total. The van der Waals surface area contributed by atoms with Gasteiger partial charge < -0.3 is 30.0 Å². The lowest BCUT2D eigenvalue weighted by Gasteiger charge is -2.16. The summed E-state index contributed by atoms with van der Waals surface area (Å²) < 4.78 is 47.5. The molecule has 6 aromatic rings. The Kier molecular flexibility index (Phi) is 16.4. The van der Waals surface area contributed by atoms with Crippen LogP contribution in [0.2, 0.25) is 10.0 Å². The molecule has 22 heteroatoms. The molecule has 0 aliphatic heterocycles. The molecular formula is C43H42Cl2F2N8O10. The number of anilines is 4. The van der Waals surface area contributed by atoms with E-state index in [-0.39, 0.29) is 60.1 Å². The second-order valence-electron chi connectivity index (χ2n) is 14.4. The number of aromatic nitrogens is 6. The summed E-state index contributed by atoms with van der Waals surface area (Å²) in [5, 5.41) is 15.6. The molecular weight excluding hydrogens is 897 g/mol. The minimum atomic E-state index is -1.37. The van der Waals surface area contributed by atoms with E-state index in [0.29, 0.717) is 30.3 Å². The van der Waals surface area contributed by atoms with Gasteiger partial charge in [-0.15, -0.1) is 0 Å². The van der Waals surface area contributed by atoms with Crippen molar-refractivity contribution in [1.82, 2.24) is 28.2 Å². The van der Waals surface area contributed by atoms with Crippen molar-refractivity contribution in [3.63, 3.8) is 0 Å². The SMILES string of the molecule is CC(C)Oc1ccc(Nc2nc(=O)n(CC(=O)O)c(=O)n2Cc2ccc(Cl)cc2)cc1F.COC(=O)Cn1c(=O)nc(Nc2ccc(OC(C)C)c(F)c2)n(Cc2ccc(Cl)cc2)c1=O. The van der Waals surface area contributed by atoms with E-state index in [1.807, 2.05) is 0 Å². The number of halogens is 4. The molecule has 0 saturated carbocycles. The molecule has 65 heavy (non-hydrogen) atoms. The summed E-state index contributed by atoms with van der Waals surface area (Å²) in [6.45, 7) is 5.59. The van der Waals surface area contributed by atoms with E-state index in [4.69, 9.17) is 37.8 Å². The van der Waals surface area contributed by atoms with E-state index in [1.165, 1.54) is 24.3 Å². The molecule has 0 aliphatic rings. The normalized spacial score (nSPS) is 10.9. The highest BCUT2D eigenvalue weighted by Crippen LogP contribution is 2.26. The summed E-state index contributed by atoms with van der Waals surface area (Å²) in [6, 6.07) is 21.5. The van der Waals surface area contributed by atoms with Gasteiger partial charge in [0, 0.05) is 33.6 Å². The number of benzene rings is 4. The first kappa shape index (κ1) is 48.7. The van der Waals surface area contributed by atoms with Gasteiger partial charge in [-0.3, -0.25) is 18.7 Å². The number of aliphatic carboxylic acids is 1. The van der Waals surface area contributed by atoms with E-state index in [9.17, 15) is 37.5 Å². The number of rotatable bonds is 16. The predicted octanol–water partition coefficient (Wildman–Crippen LogP) is 5.81. The Morgan fingerprint density at radius 2 is 1.02 bits per heavy atom. The van der Waals surface area contributed by atoms with Crippen LogP contribution in [-0.2, 0) is 40.5 Å². The molecule has 0 unspecified atom stereocenters. The quantitative estimate of drug-likeness (QED) is 0.0976. The number of hydrogen-bond donors (Lipinski definition) is 3. The molecule has 0 spiro atoms. The highest BCUT2D eigenvalue weighted by Gasteiger charge is 2.19. The van der Waals surface area contributed by atoms with Gasteiger partial charge in [0.05, 0.1) is 32.4 Å². The number of carboxylic acids is 1. The molecule has 2 aromatic heterocycles. The Morgan fingerprint density at radius 1 is 0.631 bits per heavy atom. The molecule has 2 heterocycles. The first-order valence-electron chi connectivity index (χ1n) is 19.5. The van der Waals surface area contributed by atoms with Crippen LogP contribution >= 0.6 is 23.2 Å². The number of carboxylic acid groups (broad SMARTS) is 1. The van der Waals surface area contributed by atoms with Crippen LogP contribution in [0.25, 0.3) is 0 Å². The molecule has 4 aromatic carbocycles. The van der Waals surface area contributed by atoms with Crippen LogP contribution in [0.4, 0.5) is 32.1 Å². The van der Waals surface area contributed by atoms with Crippen LogP contribution in [0.1, 0.15) is 38.8 Å². The van der Waals surface area contributed by atoms with Crippen molar-refractivity contribution in [2.24, 2.45) is 0 Å². The number of hydrogen-bond acceptors (Lipinski definition) is 13. The number of ether oxygens (including phenoxy) is 3. The van der Waals surface area contributed by atoms with Crippen LogP contribution in [0, 0.1) is 11.6 Å². The average molecular weight is 940 g/mol. The summed E-state index contributed by atoms with van der Waals surface area (Å²) in [4.78, 5) is 81.2. The number of methoxy groups -OCH3 is 1. The first-order valence-corrected chi connectivity index (χ1v) is 20.2. The van der Waals surface area contributed by atoms with Gasteiger partial charge in [0.15, 0.2) is 23.1 Å². The van der Waals surface area contributed by atoms with Gasteiger partial charge in [-0.1, -0.05) is 47.5 Å². The predicted molar refractivity (Wildman–Crippen MR) is 237 cm³/mol. The molecule has 0 saturated heterocycles. The average Bonchev–Trinajstić information content (AvgIpc) is 3.24. The van der Waals surface area contributed by atoms with Crippen LogP contribution < -0.4 is 42.9 Å². The van der Waals surface area contributed by atoms with Gasteiger partial charge in [-0.05, 0) is 87.4 Å². The standard InChI is InChI=1S/C22H22ClFN4O5.C21H20ClFN4O5/c1-13(2)33-18-9-8-16(10-17(18)24)25-20-26-21(30)28(12-19(29)32-3)22(31)27(20)11-14-4-6-15(23)7-5-14;1-12(2)32-17-8-7-15(9-16(17)23)24-19-25-20(30)27(11-18(28)29)21(31)26(19)10-13-3-5-14(22)6-4-13/h4-10,13H,11-12H2,1-3H3,(H,25,26,30);3-9,12H,10-11H2,1-2H3,(H,28,29)(H,24,25,30). The number of carbonyl (C=O) groups excluding carboxylic acids is 1. The maximum absolute atomic E-state index is 14.4. The highest BCUT2D eigenvalue weighted by atomic mass is 35.5. The van der Waals surface area contributed by atoms with Crippen LogP contribution in [0.5, 0.6) is 11.5 Å². The topological polar surface area (TPSA) is 220 Å². The molecule has 6 rings (SSSR count). The summed E-state index contributed by atoms with van der Waals surface area (Å²) in [7, 11) is 1.14. The van der Waals surface area contributed by atoms with Gasteiger partial charge in [0.2, 0.25) is 11.9 Å². The maximum atomic E-state index is 14.4. The Balaban J connectivity index is 0.000000244. The zero-order chi connectivity index (χ0) is 47.5. The zero-order valence-corrected chi connectivity index (χ0v) is 36.9. The van der Waals surface area contributed by atoms with E-state index in [0.717, 1.165) is 28.4 Å². The summed E-state index contributed by atoms with van der Waals surface area (Å²) >= 11 is 11.8. The fourth-order valence-corrected chi connectivity index (χ4v) is 6.05. The van der Waals surface area contributed by atoms with Gasteiger partial charge in [-0.25, -0.2) is 37.1 Å². The number of nitrogens with one attached hydrogen (secondary N) is 2. The van der Waals surface area contributed by atoms with Crippen LogP contribution in [0.15, 0.2) is 104 Å². The highest BCUT2D eigenvalue weighted by molar-refractivity contribution is 6.30. The van der Waals surface area contributed by atoms with Crippen molar-refractivity contribution in [3.05, 3.63) is 160 Å². The third-order valence-corrected chi connectivity index (χ3v) is 9.22. The van der Waals surface area contributed by atoms with Crippen molar-refractivity contribution in [1.29, 1.82) is 0 Å².